The van der Waals surface area contributed by atoms with Crippen LogP contribution in [0.25, 0.3) is 0 Å². The largest absolute Gasteiger partial charge is 0.481 e. The molecule has 0 saturated carbocycles. The first-order valence-corrected chi connectivity index (χ1v) is 7.86. The molecule has 5 nitrogen and oxygen atoms in total. The Labute approximate surface area is 139 Å². The number of nitrogens with one attached hydrogen (secondary N) is 1. The van der Waals surface area contributed by atoms with Gasteiger partial charge < -0.3 is 15.3 Å². The van der Waals surface area contributed by atoms with Crippen molar-refractivity contribution in [2.45, 2.75) is 12.8 Å². The van der Waals surface area contributed by atoms with E-state index in [9.17, 15) is 9.59 Å². The Bertz CT molecular complexity index is 545. The summed E-state index contributed by atoms with van der Waals surface area (Å²) < 4.78 is 0. The molecule has 1 aliphatic heterocycles. The van der Waals surface area contributed by atoms with Gasteiger partial charge in [-0.15, -0.1) is 0 Å². The number of carboxylic acids is 1. The molecule has 1 atom stereocenters. The van der Waals surface area contributed by atoms with E-state index in [-0.39, 0.29) is 24.7 Å². The molecule has 1 aromatic carbocycles. The number of nitrogens with zero attached hydrogens (tertiary/aromatic N) is 1. The maximum atomic E-state index is 12.5. The van der Waals surface area contributed by atoms with Gasteiger partial charge >= 0.3 is 5.97 Å². The van der Waals surface area contributed by atoms with Crippen molar-refractivity contribution in [2.24, 2.45) is 5.92 Å². The summed E-state index contributed by atoms with van der Waals surface area (Å²) in [7, 11) is 0. The summed E-state index contributed by atoms with van der Waals surface area (Å²) in [5.74, 6) is -1.03. The molecular weight excluding hydrogens is 327 g/mol. The fraction of sp³-hybridized carbons (Fsp3) is 0.467. The van der Waals surface area contributed by atoms with E-state index < -0.39 is 5.97 Å². The molecule has 120 valence electrons. The Kier molecular flexibility index (Phi) is 6.06. The Morgan fingerprint density at radius 2 is 2.00 bits per heavy atom. The molecule has 1 aliphatic rings. The predicted molar refractivity (Wildman–Crippen MR) is 85.4 cm³/mol. The number of halogens is 2. The van der Waals surface area contributed by atoms with Gasteiger partial charge in [-0.3, -0.25) is 9.59 Å². The molecule has 0 aliphatic carbocycles. The quantitative estimate of drug-likeness (QED) is 0.877. The molecular formula is C15H18Cl2N2O3. The van der Waals surface area contributed by atoms with Gasteiger partial charge in [0.1, 0.15) is 0 Å². The number of aliphatic carboxylic acids is 1. The van der Waals surface area contributed by atoms with Crippen molar-refractivity contribution in [3.8, 4) is 0 Å². The second kappa shape index (κ2) is 7.81. The molecule has 0 spiro atoms. The molecule has 0 aromatic heterocycles. The molecule has 1 saturated heterocycles. The topological polar surface area (TPSA) is 69.6 Å². The summed E-state index contributed by atoms with van der Waals surface area (Å²) in [4.78, 5) is 25.0. The lowest BCUT2D eigenvalue weighted by Gasteiger charge is -2.23. The van der Waals surface area contributed by atoms with Gasteiger partial charge in [0, 0.05) is 36.2 Å². The van der Waals surface area contributed by atoms with Crippen LogP contribution in [-0.4, -0.2) is 48.1 Å². The van der Waals surface area contributed by atoms with Crippen LogP contribution >= 0.6 is 23.2 Å². The number of carboxylic acid groups (broad SMARTS) is 1. The van der Waals surface area contributed by atoms with Crippen LogP contribution in [0, 0.1) is 5.92 Å². The van der Waals surface area contributed by atoms with E-state index in [4.69, 9.17) is 28.3 Å². The number of carbonyl (C=O) groups excluding carboxylic acids is 1. The van der Waals surface area contributed by atoms with Crippen LogP contribution in [0.1, 0.15) is 12.0 Å². The lowest BCUT2D eigenvalue weighted by atomic mass is 10.0. The molecule has 1 heterocycles. The van der Waals surface area contributed by atoms with E-state index in [1.807, 2.05) is 0 Å². The van der Waals surface area contributed by atoms with Gasteiger partial charge in [-0.05, 0) is 23.6 Å². The first-order valence-electron chi connectivity index (χ1n) is 7.10. The summed E-state index contributed by atoms with van der Waals surface area (Å²) in [5, 5.41) is 13.0. The normalized spacial score (nSPS) is 18.8. The third-order valence-electron chi connectivity index (χ3n) is 3.68. The molecule has 2 N–H and O–H groups in total. The monoisotopic (exact) mass is 344 g/mol. The van der Waals surface area contributed by atoms with Crippen LogP contribution in [0.2, 0.25) is 10.0 Å². The number of amides is 1. The van der Waals surface area contributed by atoms with Gasteiger partial charge in [0.2, 0.25) is 5.91 Å². The van der Waals surface area contributed by atoms with Gasteiger partial charge in [0.15, 0.2) is 0 Å². The van der Waals surface area contributed by atoms with E-state index in [1.165, 1.54) is 0 Å². The summed E-state index contributed by atoms with van der Waals surface area (Å²) in [5.41, 5.74) is 0.614. The summed E-state index contributed by atoms with van der Waals surface area (Å²) in [6.45, 7) is 2.23. The number of benzene rings is 1. The maximum absolute atomic E-state index is 12.5. The van der Waals surface area contributed by atoms with Crippen molar-refractivity contribution in [2.75, 3.05) is 26.2 Å². The zero-order chi connectivity index (χ0) is 16.1. The van der Waals surface area contributed by atoms with E-state index in [1.54, 1.807) is 23.1 Å². The van der Waals surface area contributed by atoms with Crippen molar-refractivity contribution in [1.82, 2.24) is 10.2 Å². The molecule has 0 radical (unpaired) electrons. The molecule has 2 rings (SSSR count). The second-order valence-corrected chi connectivity index (χ2v) is 6.20. The Hall–Kier alpha value is -1.30. The fourth-order valence-electron chi connectivity index (χ4n) is 2.56. The highest BCUT2D eigenvalue weighted by molar-refractivity contribution is 6.36. The summed E-state index contributed by atoms with van der Waals surface area (Å²) in [6, 6.07) is 5.14. The number of hydrogen-bond acceptors (Lipinski definition) is 3. The average molecular weight is 345 g/mol. The highest BCUT2D eigenvalue weighted by atomic mass is 35.5. The van der Waals surface area contributed by atoms with Crippen LogP contribution in [0.15, 0.2) is 18.2 Å². The molecule has 1 amide bonds. The predicted octanol–water partition coefficient (Wildman–Crippen LogP) is 2.06. The van der Waals surface area contributed by atoms with Crippen LogP contribution in [0.5, 0.6) is 0 Å². The van der Waals surface area contributed by atoms with E-state index in [0.717, 1.165) is 0 Å². The van der Waals surface area contributed by atoms with Gasteiger partial charge in [0.25, 0.3) is 0 Å². The van der Waals surface area contributed by atoms with Crippen LogP contribution in [0.3, 0.4) is 0 Å². The van der Waals surface area contributed by atoms with Gasteiger partial charge in [-0.1, -0.05) is 29.3 Å². The van der Waals surface area contributed by atoms with Gasteiger partial charge in [-0.25, -0.2) is 0 Å². The Morgan fingerprint density at radius 1 is 1.32 bits per heavy atom. The molecule has 0 bridgehead atoms. The van der Waals surface area contributed by atoms with Crippen molar-refractivity contribution >= 4 is 35.1 Å². The van der Waals surface area contributed by atoms with Crippen molar-refractivity contribution < 1.29 is 14.7 Å². The minimum atomic E-state index is -0.852. The van der Waals surface area contributed by atoms with Crippen molar-refractivity contribution in [1.29, 1.82) is 0 Å². The third-order valence-corrected chi connectivity index (χ3v) is 4.38. The minimum absolute atomic E-state index is 0.0453. The van der Waals surface area contributed by atoms with E-state index >= 15 is 0 Å². The average Bonchev–Trinajstić information content (AvgIpc) is 2.68. The molecule has 0 unspecified atom stereocenters. The van der Waals surface area contributed by atoms with Gasteiger partial charge in [-0.2, -0.15) is 0 Å². The zero-order valence-electron chi connectivity index (χ0n) is 12.0. The second-order valence-electron chi connectivity index (χ2n) is 5.38. The molecule has 7 heteroatoms. The number of hydrogen-bond donors (Lipinski definition) is 2. The summed E-state index contributed by atoms with van der Waals surface area (Å²) in [6.07, 6.45) is 0.169. The van der Waals surface area contributed by atoms with Crippen molar-refractivity contribution in [3.63, 3.8) is 0 Å². The Morgan fingerprint density at radius 3 is 2.64 bits per heavy atom. The number of carbonyl (C=O) groups is 2. The number of rotatable bonds is 4. The highest BCUT2D eigenvalue weighted by Crippen LogP contribution is 2.25. The van der Waals surface area contributed by atoms with Crippen LogP contribution < -0.4 is 5.32 Å². The summed E-state index contributed by atoms with van der Waals surface area (Å²) >= 11 is 12.2. The zero-order valence-corrected chi connectivity index (χ0v) is 13.5. The first-order chi connectivity index (χ1) is 10.5. The van der Waals surface area contributed by atoms with Crippen molar-refractivity contribution in [3.05, 3.63) is 33.8 Å². The molecule has 1 fully saturated rings. The first kappa shape index (κ1) is 17.1. The lowest BCUT2D eigenvalue weighted by Crippen LogP contribution is -2.37. The molecule has 1 aromatic rings. The smallest absolute Gasteiger partial charge is 0.303 e. The van der Waals surface area contributed by atoms with Crippen LogP contribution in [0.4, 0.5) is 0 Å². The van der Waals surface area contributed by atoms with Gasteiger partial charge in [0.05, 0.1) is 12.8 Å². The maximum Gasteiger partial charge on any atom is 0.303 e. The van der Waals surface area contributed by atoms with E-state index in [0.29, 0.717) is 41.8 Å². The fourth-order valence-corrected chi connectivity index (χ4v) is 3.09. The SMILES string of the molecule is O=C(O)C[C@@H]1CNCCN(C(=O)Cc2c(Cl)cccc2Cl)C1. The standard InChI is InChI=1S/C15H18Cl2N2O3/c16-12-2-1-3-13(17)11(12)7-14(20)19-5-4-18-8-10(9-19)6-15(21)22/h1-3,10,18H,4-9H2,(H,21,22)/t10-/m1/s1. The molecule has 22 heavy (non-hydrogen) atoms. The third kappa shape index (κ3) is 4.60. The van der Waals surface area contributed by atoms with Crippen LogP contribution in [-0.2, 0) is 16.0 Å². The Balaban J connectivity index is 2.05. The highest BCUT2D eigenvalue weighted by Gasteiger charge is 2.24. The minimum Gasteiger partial charge on any atom is -0.481 e. The lowest BCUT2D eigenvalue weighted by molar-refractivity contribution is -0.139. The van der Waals surface area contributed by atoms with E-state index in [2.05, 4.69) is 5.32 Å².